The largest absolute Gasteiger partial charge is 0.472 e. The van der Waals surface area contributed by atoms with Crippen molar-refractivity contribution in [1.82, 2.24) is 0 Å². The van der Waals surface area contributed by atoms with E-state index in [-0.39, 0.29) is 25.7 Å². The fourth-order valence-electron chi connectivity index (χ4n) is 13.4. The predicted octanol–water partition coefficient (Wildman–Crippen LogP) is 26.1. The van der Waals surface area contributed by atoms with E-state index in [1.54, 1.807) is 0 Å². The molecule has 0 spiro atoms. The molecule has 0 aliphatic rings. The third-order valence-corrected chi connectivity index (χ3v) is 22.0. The molecular weight excluding hydrogens is 1370 g/mol. The van der Waals surface area contributed by atoms with Crippen LogP contribution in [-0.4, -0.2) is 96.7 Å². The summed E-state index contributed by atoms with van der Waals surface area (Å²) < 4.78 is 68.8. The first kappa shape index (κ1) is 103. The van der Waals surface area contributed by atoms with Crippen molar-refractivity contribution in [3.63, 3.8) is 0 Å². The molecule has 0 fully saturated rings. The van der Waals surface area contributed by atoms with Gasteiger partial charge in [0, 0.05) is 25.7 Å². The molecule has 19 heteroatoms. The summed E-state index contributed by atoms with van der Waals surface area (Å²) in [6.45, 7) is 11.9. The molecule has 0 saturated carbocycles. The molecule has 5 atom stereocenters. The number of rotatable bonds is 84. The Labute approximate surface area is 645 Å². The Bertz CT molecular complexity index is 2030. The van der Waals surface area contributed by atoms with Crippen LogP contribution in [0, 0.1) is 17.8 Å². The van der Waals surface area contributed by atoms with Crippen molar-refractivity contribution in [2.45, 2.75) is 471 Å². The van der Waals surface area contributed by atoms with Crippen molar-refractivity contribution in [3.8, 4) is 0 Å². The molecule has 0 aromatic carbocycles. The average molecular weight is 1540 g/mol. The maximum atomic E-state index is 13.1. The lowest BCUT2D eigenvalue weighted by Gasteiger charge is -2.21. The fraction of sp³-hybridized carbons (Fsp3) is 0.953. The summed E-state index contributed by atoms with van der Waals surface area (Å²) in [5, 5.41) is 10.7. The van der Waals surface area contributed by atoms with E-state index in [4.69, 9.17) is 37.0 Å². The molecule has 105 heavy (non-hydrogen) atoms. The number of carbonyl (C=O) groups excluding carboxylic acids is 4. The third kappa shape index (κ3) is 79.9. The van der Waals surface area contributed by atoms with Gasteiger partial charge in [-0.3, -0.25) is 37.3 Å². The summed E-state index contributed by atoms with van der Waals surface area (Å²) in [6, 6.07) is 0. The molecule has 0 bridgehead atoms. The molecule has 0 aliphatic heterocycles. The molecule has 0 aromatic heterocycles. The normalized spacial score (nSPS) is 13.9. The molecule has 624 valence electrons. The Balaban J connectivity index is 5.19. The highest BCUT2D eigenvalue weighted by atomic mass is 31.2. The summed E-state index contributed by atoms with van der Waals surface area (Å²) in [5.74, 6) is 0.155. The topological polar surface area (TPSA) is 237 Å². The zero-order chi connectivity index (χ0) is 77.2. The van der Waals surface area contributed by atoms with Gasteiger partial charge < -0.3 is 33.8 Å². The van der Waals surface area contributed by atoms with Crippen LogP contribution < -0.4 is 0 Å². The molecule has 2 unspecified atom stereocenters. The Kier molecular flexibility index (Phi) is 74.7. The standard InChI is InChI=1S/C86H168O17P2/c1-8-9-10-11-12-13-14-15-16-17-18-19-20-21-26-29-32-35-40-47-55-62-69-85(90)102-81(73-96-83(88)67-60-53-46-39-34-31-28-25-23-22-24-27-30-33-37-43-50-57-64-77(2)3)75-100-104(92,93)98-71-80(87)72-99-105(94,95)101-76-82(74-97-84(89)68-61-54-49-42-45-52-59-66-79(6)7)103-86(91)70-63-56-48-41-36-38-44-51-58-65-78(4)5/h77-82,87H,8-76H2,1-7H3,(H,92,93)(H,94,95)/t80-,81-,82-/m1/s1. The van der Waals surface area contributed by atoms with Crippen molar-refractivity contribution in [2.24, 2.45) is 17.8 Å². The van der Waals surface area contributed by atoms with Crippen LogP contribution in [-0.2, 0) is 65.4 Å². The van der Waals surface area contributed by atoms with Crippen LogP contribution in [0.2, 0.25) is 0 Å². The summed E-state index contributed by atoms with van der Waals surface area (Å²) in [5.41, 5.74) is 0. The molecule has 0 rings (SSSR count). The molecular formula is C86H168O17P2. The lowest BCUT2D eigenvalue weighted by Crippen LogP contribution is -2.30. The van der Waals surface area contributed by atoms with Gasteiger partial charge in [0.1, 0.15) is 19.3 Å². The highest BCUT2D eigenvalue weighted by Gasteiger charge is 2.30. The number of ether oxygens (including phenoxy) is 4. The van der Waals surface area contributed by atoms with Gasteiger partial charge >= 0.3 is 39.5 Å². The van der Waals surface area contributed by atoms with E-state index in [0.29, 0.717) is 31.6 Å². The predicted molar refractivity (Wildman–Crippen MR) is 432 cm³/mol. The fourth-order valence-corrected chi connectivity index (χ4v) is 14.9. The van der Waals surface area contributed by atoms with Gasteiger partial charge in [0.15, 0.2) is 12.2 Å². The maximum Gasteiger partial charge on any atom is 0.472 e. The molecule has 0 heterocycles. The van der Waals surface area contributed by atoms with Crippen LogP contribution in [0.5, 0.6) is 0 Å². The molecule has 0 amide bonds. The SMILES string of the molecule is CCCCCCCCCCCCCCCCCCCCCCCCC(=O)O[C@H](COC(=O)CCCCCCCCCCCCCCCCCCCCC(C)C)COP(=O)(O)OC[C@@H](O)COP(=O)(O)OC[C@@H](COC(=O)CCCCCCCCCC(C)C)OC(=O)CCCCCCCCCCCC(C)C. The minimum absolute atomic E-state index is 0.105. The second kappa shape index (κ2) is 76.1. The van der Waals surface area contributed by atoms with E-state index in [1.165, 1.54) is 257 Å². The van der Waals surface area contributed by atoms with Crippen LogP contribution in [0.4, 0.5) is 0 Å². The summed E-state index contributed by atoms with van der Waals surface area (Å²) in [4.78, 5) is 73.1. The number of phosphoric ester groups is 2. The van der Waals surface area contributed by atoms with E-state index in [1.807, 2.05) is 0 Å². The lowest BCUT2D eigenvalue weighted by molar-refractivity contribution is -0.161. The van der Waals surface area contributed by atoms with E-state index < -0.39 is 97.5 Å². The molecule has 0 aromatic rings. The van der Waals surface area contributed by atoms with Gasteiger partial charge in [-0.1, -0.05) is 402 Å². The Hall–Kier alpha value is -1.94. The first-order chi connectivity index (χ1) is 50.7. The van der Waals surface area contributed by atoms with E-state index >= 15 is 0 Å². The maximum absolute atomic E-state index is 13.1. The number of phosphoric acid groups is 2. The van der Waals surface area contributed by atoms with Crippen molar-refractivity contribution < 1.29 is 80.2 Å². The van der Waals surface area contributed by atoms with Crippen LogP contribution >= 0.6 is 15.6 Å². The zero-order valence-corrected chi connectivity index (χ0v) is 71.0. The van der Waals surface area contributed by atoms with Gasteiger partial charge in [0.2, 0.25) is 0 Å². The van der Waals surface area contributed by atoms with Gasteiger partial charge in [0.25, 0.3) is 0 Å². The monoisotopic (exact) mass is 1540 g/mol. The molecule has 3 N–H and O–H groups in total. The van der Waals surface area contributed by atoms with E-state index in [2.05, 4.69) is 48.5 Å². The second-order valence-electron chi connectivity index (χ2n) is 32.4. The van der Waals surface area contributed by atoms with Gasteiger partial charge in [-0.2, -0.15) is 0 Å². The first-order valence-corrected chi connectivity index (χ1v) is 47.3. The lowest BCUT2D eigenvalue weighted by atomic mass is 10.0. The average Bonchev–Trinajstić information content (AvgIpc) is 0.911. The Morgan fingerprint density at radius 2 is 0.438 bits per heavy atom. The van der Waals surface area contributed by atoms with Crippen molar-refractivity contribution >= 4 is 39.5 Å². The molecule has 0 aliphatic carbocycles. The third-order valence-electron chi connectivity index (χ3n) is 20.1. The Morgan fingerprint density at radius 3 is 0.648 bits per heavy atom. The summed E-state index contributed by atoms with van der Waals surface area (Å²) >= 11 is 0. The van der Waals surface area contributed by atoms with Crippen molar-refractivity contribution in [3.05, 3.63) is 0 Å². The van der Waals surface area contributed by atoms with Crippen LogP contribution in [0.25, 0.3) is 0 Å². The number of aliphatic hydroxyl groups excluding tert-OH is 1. The van der Waals surface area contributed by atoms with Gasteiger partial charge in [-0.15, -0.1) is 0 Å². The second-order valence-corrected chi connectivity index (χ2v) is 35.3. The summed E-state index contributed by atoms with van der Waals surface area (Å²) in [7, 11) is -9.93. The summed E-state index contributed by atoms with van der Waals surface area (Å²) in [6.07, 6.45) is 67.0. The van der Waals surface area contributed by atoms with Gasteiger partial charge in [0.05, 0.1) is 26.4 Å². The van der Waals surface area contributed by atoms with Crippen LogP contribution in [0.15, 0.2) is 0 Å². The molecule has 17 nitrogen and oxygen atoms in total. The molecule has 0 saturated heterocycles. The quantitative estimate of drug-likeness (QED) is 0.0222. The number of unbranched alkanes of at least 4 members (excludes halogenated alkanes) is 52. The number of hydrogen-bond donors (Lipinski definition) is 3. The smallest absolute Gasteiger partial charge is 0.462 e. The van der Waals surface area contributed by atoms with Gasteiger partial charge in [-0.05, 0) is 43.4 Å². The van der Waals surface area contributed by atoms with E-state index in [0.717, 1.165) is 108 Å². The van der Waals surface area contributed by atoms with Gasteiger partial charge in [-0.25, -0.2) is 9.13 Å². The Morgan fingerprint density at radius 1 is 0.257 bits per heavy atom. The minimum Gasteiger partial charge on any atom is -0.462 e. The van der Waals surface area contributed by atoms with Crippen molar-refractivity contribution in [1.29, 1.82) is 0 Å². The van der Waals surface area contributed by atoms with Crippen LogP contribution in [0.1, 0.15) is 453 Å². The van der Waals surface area contributed by atoms with E-state index in [9.17, 15) is 43.2 Å². The minimum atomic E-state index is -4.97. The number of aliphatic hydroxyl groups is 1. The van der Waals surface area contributed by atoms with Crippen LogP contribution in [0.3, 0.4) is 0 Å². The van der Waals surface area contributed by atoms with Crippen molar-refractivity contribution in [2.75, 3.05) is 39.6 Å². The highest BCUT2D eigenvalue weighted by molar-refractivity contribution is 7.47. The first-order valence-electron chi connectivity index (χ1n) is 44.3. The number of carbonyl (C=O) groups is 4. The molecule has 0 radical (unpaired) electrons. The zero-order valence-electron chi connectivity index (χ0n) is 69.2. The highest BCUT2D eigenvalue weighted by Crippen LogP contribution is 2.45. The number of esters is 4. The number of hydrogen-bond acceptors (Lipinski definition) is 15.